The van der Waals surface area contributed by atoms with Crippen molar-refractivity contribution in [1.29, 1.82) is 10.7 Å². The molecule has 2 atom stereocenters. The summed E-state index contributed by atoms with van der Waals surface area (Å²) in [6.45, 7) is 9.07. The average molecular weight is 381 g/mol. The fraction of sp³-hybridized carbons (Fsp3) is 0.476. The second kappa shape index (κ2) is 6.55. The number of ether oxygens (including phenoxy) is 1. The van der Waals surface area contributed by atoms with Crippen molar-refractivity contribution in [3.63, 3.8) is 0 Å². The summed E-state index contributed by atoms with van der Waals surface area (Å²) in [5.41, 5.74) is 2.40. The van der Waals surface area contributed by atoms with Crippen LogP contribution in [0.25, 0.3) is 0 Å². The lowest BCUT2D eigenvalue weighted by Gasteiger charge is -2.40. The van der Waals surface area contributed by atoms with Crippen LogP contribution in [0.15, 0.2) is 17.4 Å². The molecular formula is C21H23N3O4. The molecule has 0 radical (unpaired) electrons. The number of nitro groups is 1. The summed E-state index contributed by atoms with van der Waals surface area (Å²) in [6.07, 6.45) is 0.792. The Morgan fingerprint density at radius 3 is 2.50 bits per heavy atom. The second-order valence-corrected chi connectivity index (χ2v) is 8.48. The van der Waals surface area contributed by atoms with E-state index in [4.69, 9.17) is 10.1 Å². The van der Waals surface area contributed by atoms with Gasteiger partial charge in [0.15, 0.2) is 5.78 Å². The largest absolute Gasteiger partial charge is 0.446 e. The van der Waals surface area contributed by atoms with Crippen LogP contribution in [0, 0.1) is 59.0 Å². The van der Waals surface area contributed by atoms with Crippen LogP contribution in [-0.4, -0.2) is 16.6 Å². The molecule has 1 aromatic rings. The van der Waals surface area contributed by atoms with Crippen LogP contribution in [-0.2, 0) is 9.53 Å². The molecule has 7 nitrogen and oxygen atoms in total. The van der Waals surface area contributed by atoms with Crippen LogP contribution in [0.2, 0.25) is 0 Å². The third-order valence-electron chi connectivity index (χ3n) is 5.66. The van der Waals surface area contributed by atoms with Crippen molar-refractivity contribution in [2.45, 2.75) is 53.4 Å². The Morgan fingerprint density at radius 2 is 1.93 bits per heavy atom. The number of benzene rings is 1. The first kappa shape index (κ1) is 19.7. The number of ketones is 1. The van der Waals surface area contributed by atoms with Gasteiger partial charge in [0.05, 0.1) is 11.0 Å². The first-order valence-corrected chi connectivity index (χ1v) is 9.15. The lowest BCUT2D eigenvalue weighted by molar-refractivity contribution is -0.386. The van der Waals surface area contributed by atoms with Crippen LogP contribution in [0.4, 0.5) is 5.69 Å². The van der Waals surface area contributed by atoms with E-state index in [9.17, 15) is 20.2 Å². The number of nitriles is 1. The molecule has 0 fully saturated rings. The molecule has 1 aliphatic heterocycles. The van der Waals surface area contributed by atoms with E-state index in [0.29, 0.717) is 40.9 Å². The molecule has 0 saturated heterocycles. The Kier molecular flexibility index (Phi) is 4.62. The van der Waals surface area contributed by atoms with Crippen molar-refractivity contribution in [2.75, 3.05) is 0 Å². The topological polar surface area (TPSA) is 117 Å². The van der Waals surface area contributed by atoms with Crippen LogP contribution >= 0.6 is 0 Å². The molecule has 1 N–H and O–H groups in total. The normalized spacial score (nSPS) is 23.7. The van der Waals surface area contributed by atoms with Crippen LogP contribution < -0.4 is 0 Å². The van der Waals surface area contributed by atoms with Crippen molar-refractivity contribution in [3.05, 3.63) is 49.8 Å². The number of allylic oxidation sites excluding steroid dienone is 2. The highest BCUT2D eigenvalue weighted by molar-refractivity contribution is 6.02. The van der Waals surface area contributed by atoms with Gasteiger partial charge in [0, 0.05) is 35.5 Å². The fourth-order valence-electron chi connectivity index (χ4n) is 4.62. The summed E-state index contributed by atoms with van der Waals surface area (Å²) in [7, 11) is 0. The van der Waals surface area contributed by atoms with Gasteiger partial charge in [0.2, 0.25) is 5.90 Å². The Morgan fingerprint density at radius 1 is 1.29 bits per heavy atom. The number of carbonyl (C=O) groups excluding carboxylic acids is 1. The van der Waals surface area contributed by atoms with Crippen LogP contribution in [0.1, 0.15) is 54.9 Å². The molecule has 2 unspecified atom stereocenters. The van der Waals surface area contributed by atoms with E-state index in [1.54, 1.807) is 19.9 Å². The SMILES string of the molecule is Cc1cc(C)c([N+](=O)[O-])c(C)c1C1C2=C(CC(C)(C)CC2=O)OC(=N)C1C#N. The quantitative estimate of drug-likeness (QED) is 0.602. The van der Waals surface area contributed by atoms with Crippen molar-refractivity contribution in [1.82, 2.24) is 0 Å². The minimum absolute atomic E-state index is 0.0129. The highest BCUT2D eigenvalue weighted by atomic mass is 16.6. The third kappa shape index (κ3) is 2.99. The van der Waals surface area contributed by atoms with Crippen LogP contribution in [0.5, 0.6) is 0 Å². The highest BCUT2D eigenvalue weighted by Crippen LogP contribution is 2.50. The fourth-order valence-corrected chi connectivity index (χ4v) is 4.62. The maximum absolute atomic E-state index is 13.1. The molecule has 146 valence electrons. The molecule has 0 amide bonds. The second-order valence-electron chi connectivity index (χ2n) is 8.48. The minimum atomic E-state index is -0.997. The van der Waals surface area contributed by atoms with Gasteiger partial charge in [-0.3, -0.25) is 20.3 Å². The first-order chi connectivity index (χ1) is 13.0. The minimum Gasteiger partial charge on any atom is -0.446 e. The van der Waals surface area contributed by atoms with Crippen molar-refractivity contribution in [3.8, 4) is 6.07 Å². The predicted octanol–water partition coefficient (Wildman–Crippen LogP) is 4.39. The van der Waals surface area contributed by atoms with Gasteiger partial charge in [0.1, 0.15) is 11.7 Å². The zero-order valence-electron chi connectivity index (χ0n) is 16.7. The number of nitrogens with one attached hydrogen (secondary N) is 1. The first-order valence-electron chi connectivity index (χ1n) is 9.15. The Bertz CT molecular complexity index is 998. The van der Waals surface area contributed by atoms with Gasteiger partial charge in [0.25, 0.3) is 5.69 Å². The zero-order chi connectivity index (χ0) is 21.0. The molecule has 28 heavy (non-hydrogen) atoms. The van der Waals surface area contributed by atoms with E-state index in [1.807, 2.05) is 20.8 Å². The molecule has 7 heteroatoms. The lowest BCUT2D eigenvalue weighted by Crippen LogP contribution is -2.39. The lowest BCUT2D eigenvalue weighted by atomic mass is 9.67. The third-order valence-corrected chi connectivity index (χ3v) is 5.66. The maximum Gasteiger partial charge on any atom is 0.275 e. The summed E-state index contributed by atoms with van der Waals surface area (Å²) in [5, 5.41) is 29.6. The number of aryl methyl sites for hydroxylation is 2. The van der Waals surface area contributed by atoms with E-state index >= 15 is 0 Å². The van der Waals surface area contributed by atoms with Gasteiger partial charge in [-0.1, -0.05) is 13.8 Å². The van der Waals surface area contributed by atoms with Crippen molar-refractivity contribution >= 4 is 17.4 Å². The number of rotatable bonds is 2. The van der Waals surface area contributed by atoms with Crippen LogP contribution in [0.3, 0.4) is 0 Å². The summed E-state index contributed by atoms with van der Waals surface area (Å²) in [6, 6.07) is 3.80. The summed E-state index contributed by atoms with van der Waals surface area (Å²) < 4.78 is 5.62. The van der Waals surface area contributed by atoms with Gasteiger partial charge in [-0.15, -0.1) is 0 Å². The maximum atomic E-state index is 13.1. The van der Waals surface area contributed by atoms with Crippen molar-refractivity contribution < 1.29 is 14.5 Å². The molecule has 0 bridgehead atoms. The van der Waals surface area contributed by atoms with E-state index in [0.717, 1.165) is 5.56 Å². The summed E-state index contributed by atoms with van der Waals surface area (Å²) in [5.74, 6) is -1.64. The Hall–Kier alpha value is -3.01. The highest BCUT2D eigenvalue weighted by Gasteiger charge is 2.47. The number of Topliss-reactive ketones (excluding diaryl/α,β-unsaturated/α-hetero) is 1. The van der Waals surface area contributed by atoms with Gasteiger partial charge < -0.3 is 4.74 Å². The van der Waals surface area contributed by atoms with E-state index in [1.165, 1.54) is 0 Å². The predicted molar refractivity (Wildman–Crippen MR) is 103 cm³/mol. The van der Waals surface area contributed by atoms with E-state index in [2.05, 4.69) is 6.07 Å². The Balaban J connectivity index is 2.34. The molecule has 1 aromatic carbocycles. The molecular weight excluding hydrogens is 358 g/mol. The van der Waals surface area contributed by atoms with Gasteiger partial charge in [-0.05, 0) is 43.4 Å². The molecule has 2 aliphatic rings. The number of hydrogen-bond acceptors (Lipinski definition) is 6. The zero-order valence-corrected chi connectivity index (χ0v) is 16.7. The van der Waals surface area contributed by atoms with Gasteiger partial charge in [-0.2, -0.15) is 5.26 Å². The molecule has 0 aromatic heterocycles. The van der Waals surface area contributed by atoms with Gasteiger partial charge >= 0.3 is 0 Å². The van der Waals surface area contributed by atoms with E-state index < -0.39 is 16.8 Å². The van der Waals surface area contributed by atoms with Crippen molar-refractivity contribution in [2.24, 2.45) is 11.3 Å². The molecule has 1 aliphatic carbocycles. The molecule has 3 rings (SSSR count). The summed E-state index contributed by atoms with van der Waals surface area (Å²) >= 11 is 0. The van der Waals surface area contributed by atoms with Gasteiger partial charge in [-0.25, -0.2) is 0 Å². The van der Waals surface area contributed by atoms with E-state index in [-0.39, 0.29) is 22.8 Å². The number of nitro benzene ring substituents is 1. The standard InChI is InChI=1S/C21H23N3O4/c1-10-6-11(2)19(24(26)27)12(3)16(10)17-13(9-22)20(23)28-15-8-21(4,5)7-14(25)18(15)17/h6,13,17,23H,7-8H2,1-5H3. The monoisotopic (exact) mass is 381 g/mol. The molecule has 0 spiro atoms. The number of hydrogen-bond donors (Lipinski definition) is 1. The smallest absolute Gasteiger partial charge is 0.275 e. The number of carbonyl (C=O) groups is 1. The summed E-state index contributed by atoms with van der Waals surface area (Å²) in [4.78, 5) is 24.3. The average Bonchev–Trinajstić information content (AvgIpc) is 2.51. The Labute approximate surface area is 163 Å². The molecule has 0 saturated carbocycles. The molecule has 1 heterocycles. The number of nitrogens with zero attached hydrogens (tertiary/aromatic N) is 2.